The molecule has 30 heavy (non-hydrogen) atoms. The lowest BCUT2D eigenvalue weighted by atomic mass is 9.90. The number of H-pyrrole nitrogens is 1. The highest BCUT2D eigenvalue weighted by Crippen LogP contribution is 2.40. The minimum absolute atomic E-state index is 0.0631. The number of aromatic nitrogens is 1. The van der Waals surface area contributed by atoms with Gasteiger partial charge < -0.3 is 19.7 Å². The third-order valence-electron chi connectivity index (χ3n) is 5.69. The van der Waals surface area contributed by atoms with Gasteiger partial charge in [-0.1, -0.05) is 23.5 Å². The number of aromatic amines is 1. The van der Waals surface area contributed by atoms with Crippen LogP contribution in [0.3, 0.4) is 0 Å². The Morgan fingerprint density at radius 2 is 1.93 bits per heavy atom. The average Bonchev–Trinajstić information content (AvgIpc) is 3.03. The Balaban J connectivity index is 1.41. The van der Waals surface area contributed by atoms with Gasteiger partial charge in [0.1, 0.15) is 29.5 Å². The van der Waals surface area contributed by atoms with Gasteiger partial charge in [0, 0.05) is 6.42 Å². The van der Waals surface area contributed by atoms with Crippen molar-refractivity contribution < 1.29 is 19.7 Å². The number of nitrogens with one attached hydrogen (secondary N) is 1. The number of aryl methyl sites for hydroxylation is 1. The summed E-state index contributed by atoms with van der Waals surface area (Å²) in [5, 5.41) is 19.8. The third-order valence-corrected chi connectivity index (χ3v) is 6.57. The molecule has 0 bridgehead atoms. The van der Waals surface area contributed by atoms with E-state index in [2.05, 4.69) is 4.98 Å². The van der Waals surface area contributed by atoms with Crippen LogP contribution < -0.4 is 14.3 Å². The van der Waals surface area contributed by atoms with Gasteiger partial charge in [-0.25, -0.2) is 0 Å². The molecular weight excluding hydrogens is 402 g/mol. The number of phenols is 1. The van der Waals surface area contributed by atoms with Crippen molar-refractivity contribution >= 4 is 11.3 Å². The lowest BCUT2D eigenvalue weighted by Crippen LogP contribution is -2.42. The van der Waals surface area contributed by atoms with Crippen LogP contribution >= 0.6 is 11.3 Å². The van der Waals surface area contributed by atoms with E-state index >= 15 is 0 Å². The molecule has 1 atom stereocenters. The molecule has 7 heteroatoms. The van der Waals surface area contributed by atoms with Crippen molar-refractivity contribution in [1.29, 1.82) is 0 Å². The molecule has 1 aliphatic heterocycles. The van der Waals surface area contributed by atoms with E-state index in [4.69, 9.17) is 9.47 Å². The van der Waals surface area contributed by atoms with E-state index in [9.17, 15) is 15.0 Å². The molecule has 3 N–H and O–H groups in total. The van der Waals surface area contributed by atoms with Crippen LogP contribution in [0.1, 0.15) is 40.5 Å². The first-order chi connectivity index (χ1) is 14.2. The molecule has 0 amide bonds. The topological polar surface area (TPSA) is 91.8 Å². The highest BCUT2D eigenvalue weighted by atomic mass is 32.1. The largest absolute Gasteiger partial charge is 0.508 e. The SMILES string of the molecule is Cc1c(O)cc2c(c1C)OC(C)(COc1ccc(Cc3sc(=O)[nH]c3O)cc1)CC2. The highest BCUT2D eigenvalue weighted by molar-refractivity contribution is 7.09. The molecule has 2 heterocycles. The van der Waals surface area contributed by atoms with E-state index in [1.165, 1.54) is 0 Å². The van der Waals surface area contributed by atoms with Crippen LogP contribution in [0, 0.1) is 13.8 Å². The summed E-state index contributed by atoms with van der Waals surface area (Å²) >= 11 is 1.01. The predicted molar refractivity (Wildman–Crippen MR) is 116 cm³/mol. The quantitative estimate of drug-likeness (QED) is 0.567. The number of hydrogen-bond donors (Lipinski definition) is 3. The van der Waals surface area contributed by atoms with E-state index in [1.807, 2.05) is 45.0 Å². The molecule has 0 aliphatic carbocycles. The summed E-state index contributed by atoms with van der Waals surface area (Å²) in [5.41, 5.74) is 3.37. The first-order valence-corrected chi connectivity index (χ1v) is 10.7. The van der Waals surface area contributed by atoms with Gasteiger partial charge in [-0.3, -0.25) is 9.78 Å². The minimum atomic E-state index is -0.455. The van der Waals surface area contributed by atoms with E-state index < -0.39 is 5.60 Å². The highest BCUT2D eigenvalue weighted by Gasteiger charge is 2.34. The van der Waals surface area contributed by atoms with E-state index in [-0.39, 0.29) is 10.8 Å². The monoisotopic (exact) mass is 427 g/mol. The molecule has 6 nitrogen and oxygen atoms in total. The first-order valence-electron chi connectivity index (χ1n) is 9.88. The van der Waals surface area contributed by atoms with Gasteiger partial charge >= 0.3 is 4.87 Å². The van der Waals surface area contributed by atoms with Gasteiger partial charge in [-0.2, -0.15) is 0 Å². The van der Waals surface area contributed by atoms with E-state index in [1.54, 1.807) is 6.07 Å². The summed E-state index contributed by atoms with van der Waals surface area (Å²) in [5.74, 6) is 1.84. The normalized spacial score (nSPS) is 18.0. The average molecular weight is 428 g/mol. The molecular formula is C23H25NO5S. The fraction of sp³-hybridized carbons (Fsp3) is 0.348. The Hall–Kier alpha value is -2.93. The Morgan fingerprint density at radius 3 is 2.60 bits per heavy atom. The van der Waals surface area contributed by atoms with Crippen molar-refractivity contribution in [3.8, 4) is 23.1 Å². The molecule has 0 spiro atoms. The predicted octanol–water partition coefficient (Wildman–Crippen LogP) is 4.22. The van der Waals surface area contributed by atoms with Gasteiger partial charge in [0.25, 0.3) is 0 Å². The second-order valence-corrected chi connectivity index (χ2v) is 9.15. The van der Waals surface area contributed by atoms with E-state index in [0.717, 1.165) is 57.9 Å². The summed E-state index contributed by atoms with van der Waals surface area (Å²) in [7, 11) is 0. The van der Waals surface area contributed by atoms with Crippen LogP contribution in [-0.2, 0) is 12.8 Å². The second kappa shape index (κ2) is 7.72. The van der Waals surface area contributed by atoms with Crippen molar-refractivity contribution in [3.63, 3.8) is 0 Å². The molecule has 0 fully saturated rings. The standard InChI is InChI=1S/C23H25NO5S/c1-13-14(2)20-16(11-18(13)25)8-9-23(3,29-20)12-28-17-6-4-15(5-7-17)10-19-21(26)24-22(27)30-19/h4-7,11,25-26H,8-10,12H2,1-3H3,(H,24,27). The zero-order valence-electron chi connectivity index (χ0n) is 17.2. The molecule has 1 unspecified atom stereocenters. The van der Waals surface area contributed by atoms with Crippen molar-refractivity contribution in [1.82, 2.24) is 4.98 Å². The van der Waals surface area contributed by atoms with Crippen molar-refractivity contribution in [3.05, 3.63) is 67.1 Å². The van der Waals surface area contributed by atoms with Crippen LogP contribution in [0.25, 0.3) is 0 Å². The van der Waals surface area contributed by atoms with Gasteiger partial charge in [0.2, 0.25) is 5.88 Å². The van der Waals surface area contributed by atoms with Gasteiger partial charge in [0.15, 0.2) is 0 Å². The first kappa shape index (κ1) is 20.3. The number of ether oxygens (including phenoxy) is 2. The fourth-order valence-corrected chi connectivity index (χ4v) is 4.42. The number of thiazole rings is 1. The fourth-order valence-electron chi connectivity index (χ4n) is 3.66. The molecule has 0 saturated heterocycles. The Kier molecular flexibility index (Phi) is 5.24. The Bertz CT molecular complexity index is 1130. The number of phenolic OH excluding ortho intramolecular Hbond substituents is 1. The van der Waals surface area contributed by atoms with Crippen molar-refractivity contribution in [2.24, 2.45) is 0 Å². The number of hydrogen-bond acceptors (Lipinski definition) is 6. The van der Waals surface area contributed by atoms with Crippen molar-refractivity contribution in [2.75, 3.05) is 6.61 Å². The summed E-state index contributed by atoms with van der Waals surface area (Å²) in [6.07, 6.45) is 2.11. The molecule has 1 aliphatic rings. The van der Waals surface area contributed by atoms with Crippen LogP contribution in [0.2, 0.25) is 0 Å². The van der Waals surface area contributed by atoms with Crippen LogP contribution in [-0.4, -0.2) is 27.4 Å². The van der Waals surface area contributed by atoms with Crippen LogP contribution in [0.4, 0.5) is 0 Å². The Morgan fingerprint density at radius 1 is 1.20 bits per heavy atom. The minimum Gasteiger partial charge on any atom is -0.508 e. The van der Waals surface area contributed by atoms with Crippen molar-refractivity contribution in [2.45, 2.75) is 45.6 Å². The lowest BCUT2D eigenvalue weighted by Gasteiger charge is -2.36. The van der Waals surface area contributed by atoms with Crippen LogP contribution in [0.15, 0.2) is 35.1 Å². The Labute approximate surface area is 178 Å². The number of rotatable bonds is 5. The maximum Gasteiger partial charge on any atom is 0.307 e. The summed E-state index contributed by atoms with van der Waals surface area (Å²) in [6, 6.07) is 9.42. The smallest absolute Gasteiger partial charge is 0.307 e. The molecule has 3 aromatic rings. The number of fused-ring (bicyclic) bond motifs is 1. The molecule has 0 saturated carbocycles. The maximum absolute atomic E-state index is 11.3. The zero-order chi connectivity index (χ0) is 21.5. The maximum atomic E-state index is 11.3. The number of benzene rings is 2. The van der Waals surface area contributed by atoms with Gasteiger partial charge in [-0.15, -0.1) is 0 Å². The molecule has 158 valence electrons. The zero-order valence-corrected chi connectivity index (χ0v) is 18.1. The van der Waals surface area contributed by atoms with E-state index in [0.29, 0.717) is 23.7 Å². The second-order valence-electron chi connectivity index (χ2n) is 8.08. The molecule has 2 aromatic carbocycles. The van der Waals surface area contributed by atoms with Crippen LogP contribution in [0.5, 0.6) is 23.1 Å². The van der Waals surface area contributed by atoms with Gasteiger partial charge in [-0.05, 0) is 74.1 Å². The third kappa shape index (κ3) is 4.03. The lowest BCUT2D eigenvalue weighted by molar-refractivity contribution is 0.0168. The summed E-state index contributed by atoms with van der Waals surface area (Å²) < 4.78 is 12.3. The summed E-state index contributed by atoms with van der Waals surface area (Å²) in [4.78, 5) is 14.1. The molecule has 0 radical (unpaired) electrons. The summed E-state index contributed by atoms with van der Waals surface area (Å²) in [6.45, 7) is 6.32. The molecule has 4 rings (SSSR count). The number of aromatic hydroxyl groups is 2. The van der Waals surface area contributed by atoms with Gasteiger partial charge in [0.05, 0.1) is 4.88 Å². The molecule has 1 aromatic heterocycles.